The van der Waals surface area contributed by atoms with Crippen LogP contribution >= 0.6 is 12.3 Å². The van der Waals surface area contributed by atoms with E-state index in [1.54, 1.807) is 0 Å². The van der Waals surface area contributed by atoms with Gasteiger partial charge >= 0.3 is 32.2 Å². The maximum absolute atomic E-state index is 12.4. The predicted octanol–water partition coefficient (Wildman–Crippen LogP) is -8.05. The molecule has 0 aliphatic carbocycles. The highest BCUT2D eigenvalue weighted by Crippen LogP contribution is 2.37. The van der Waals surface area contributed by atoms with Crippen LogP contribution in [0.1, 0.15) is 6.92 Å². The largest absolute Gasteiger partial charge is 0.397 e. The first-order valence-electron chi connectivity index (χ1n) is 17.7. The lowest BCUT2D eigenvalue weighted by atomic mass is 9.95. The number of hydrogen-bond donors (Lipinski definition) is 13. The van der Waals surface area contributed by atoms with Crippen molar-refractivity contribution in [1.29, 1.82) is 0 Å². The number of carbonyl (C=O) groups is 1. The van der Waals surface area contributed by atoms with E-state index in [1.807, 2.05) is 5.48 Å². The smallest absolute Gasteiger partial charge is 0.394 e. The van der Waals surface area contributed by atoms with Gasteiger partial charge in [-0.25, -0.2) is 13.6 Å². The number of hydrogen-bond acceptors (Lipinski definition) is 31. The lowest BCUT2D eigenvalue weighted by Gasteiger charge is -2.49. The minimum absolute atomic E-state index is 0.141. The zero-order valence-electron chi connectivity index (χ0n) is 32.6. The van der Waals surface area contributed by atoms with E-state index in [0.717, 1.165) is 21.1 Å². The number of nitrogens with one attached hydrogen (secondary N) is 2. The SMILES string of the molecule is COC1OC(CO)C(OC2OC(O)C(OC3OC(COS(=O)(=O)O)C(OC4OC(O)C(OC)C(O)C4O)C(O)C3NC(C)=O)C(O)C2OS(=O)(=O)O)C(OSOOO)C1NOS(=O)O. The molecule has 1 amide bonds. The standard InChI is InChI=1S/C26H46N2O32S4/c1-6(30)27-9-11(31)15(51-25-13(33)12(32)18(46-2)21(35)54-25)8(5-48-63(40,41)42)50-24(9)53-19-14(34)20(57-64(43,44)45)26(55-22(19)36)52-16-7(4-29)49-23(47-3)10(28-58-62(38)39)17(16)56-61-60-59-37/h7-26,28-29,31-37H,4-5H2,1-3H3,(H,27,30)(H,38,39)(H,40,41,42)(H,43,44,45). The number of amides is 1. The lowest BCUT2D eigenvalue weighted by molar-refractivity contribution is -0.435. The molecule has 21 unspecified atom stereocenters. The van der Waals surface area contributed by atoms with Crippen molar-refractivity contribution in [2.24, 2.45) is 0 Å². The van der Waals surface area contributed by atoms with Crippen molar-refractivity contribution in [1.82, 2.24) is 10.8 Å². The summed E-state index contributed by atoms with van der Waals surface area (Å²) in [5.41, 5.74) is 2.05. The Morgan fingerprint density at radius 1 is 0.703 bits per heavy atom. The van der Waals surface area contributed by atoms with E-state index in [1.165, 1.54) is 0 Å². The summed E-state index contributed by atoms with van der Waals surface area (Å²) in [5, 5.41) is 90.1. The topological polar surface area (TPSA) is 487 Å². The van der Waals surface area contributed by atoms with Crippen LogP contribution in [0.15, 0.2) is 0 Å². The van der Waals surface area contributed by atoms with Crippen LogP contribution in [0.25, 0.3) is 0 Å². The highest BCUT2D eigenvalue weighted by molar-refractivity contribution is 7.89. The molecule has 13 N–H and O–H groups in total. The van der Waals surface area contributed by atoms with Crippen LogP contribution in [0.5, 0.6) is 0 Å². The third-order valence-corrected chi connectivity index (χ3v) is 10.9. The fraction of sp³-hybridized carbons (Fsp3) is 0.962. The fourth-order valence-corrected chi connectivity index (χ4v) is 8.03. The van der Waals surface area contributed by atoms with E-state index in [2.05, 4.69) is 27.3 Å². The highest BCUT2D eigenvalue weighted by Gasteiger charge is 2.57. The van der Waals surface area contributed by atoms with Crippen molar-refractivity contribution in [2.75, 3.05) is 27.4 Å². The summed E-state index contributed by atoms with van der Waals surface area (Å²) < 4.78 is 159. The first kappa shape index (κ1) is 55.4. The maximum atomic E-state index is 12.4. The number of aliphatic hydroxyl groups is 7. The fourth-order valence-electron chi connectivity index (χ4n) is 6.67. The summed E-state index contributed by atoms with van der Waals surface area (Å²) in [6.07, 6.45) is -37.5. The Bertz CT molecular complexity index is 1720. The first-order valence-corrected chi connectivity index (χ1v) is 22.1. The molecule has 34 nitrogen and oxygen atoms in total. The number of carbonyl (C=O) groups excluding carboxylic acids is 1. The molecule has 0 aromatic carbocycles. The van der Waals surface area contributed by atoms with E-state index in [-0.39, 0.29) is 12.3 Å². The van der Waals surface area contributed by atoms with Gasteiger partial charge in [0.25, 0.3) is 0 Å². The van der Waals surface area contributed by atoms with Gasteiger partial charge < -0.3 is 83.7 Å². The number of rotatable bonds is 22. The number of methoxy groups -OCH3 is 2. The Morgan fingerprint density at radius 2 is 1.31 bits per heavy atom. The molecular formula is C26H46N2O32S4. The van der Waals surface area contributed by atoms with Gasteiger partial charge in [0.05, 0.1) is 13.2 Å². The second-order valence-electron chi connectivity index (χ2n) is 13.4. The predicted molar refractivity (Wildman–Crippen MR) is 190 cm³/mol. The number of ether oxygens (including phenoxy) is 9. The van der Waals surface area contributed by atoms with E-state index < -0.39 is 174 Å². The summed E-state index contributed by atoms with van der Waals surface area (Å²) in [5.74, 6) is -0.962. The third-order valence-electron chi connectivity index (χ3n) is 9.34. The van der Waals surface area contributed by atoms with Gasteiger partial charge in [-0.3, -0.25) is 22.6 Å². The van der Waals surface area contributed by atoms with Crippen molar-refractivity contribution < 1.29 is 149 Å². The molecule has 4 fully saturated rings. The van der Waals surface area contributed by atoms with Gasteiger partial charge in [0.1, 0.15) is 79.2 Å². The first-order chi connectivity index (χ1) is 29.9. The molecule has 376 valence electrons. The lowest BCUT2D eigenvalue weighted by Crippen LogP contribution is -2.70. The Balaban J connectivity index is 1.68. The molecule has 4 saturated heterocycles. The summed E-state index contributed by atoms with van der Waals surface area (Å²) in [7, 11) is -8.89. The highest BCUT2D eigenvalue weighted by atomic mass is 32.3. The van der Waals surface area contributed by atoms with E-state index in [9.17, 15) is 75.2 Å². The van der Waals surface area contributed by atoms with Gasteiger partial charge in [-0.05, 0) is 0 Å². The van der Waals surface area contributed by atoms with Crippen LogP contribution in [0.3, 0.4) is 0 Å². The van der Waals surface area contributed by atoms with Gasteiger partial charge in [-0.2, -0.15) is 30.8 Å². The Kier molecular flexibility index (Phi) is 21.1. The number of hydroxylamine groups is 1. The third kappa shape index (κ3) is 14.7. The van der Waals surface area contributed by atoms with E-state index in [0.29, 0.717) is 0 Å². The van der Waals surface area contributed by atoms with Crippen LogP contribution in [0, 0.1) is 0 Å². The van der Waals surface area contributed by atoms with Crippen LogP contribution in [-0.4, -0.2) is 232 Å². The minimum Gasteiger partial charge on any atom is -0.394 e. The monoisotopic (exact) mass is 1030 g/mol. The van der Waals surface area contributed by atoms with E-state index in [4.69, 9.17) is 52.1 Å². The van der Waals surface area contributed by atoms with Gasteiger partial charge in [0.15, 0.2) is 56.2 Å². The molecule has 4 aliphatic rings. The number of aliphatic hydroxyl groups excluding tert-OH is 7. The van der Waals surface area contributed by atoms with Crippen LogP contribution in [-0.2, 0) is 106 Å². The van der Waals surface area contributed by atoms with Gasteiger partial charge in [-0.15, -0.1) is 4.33 Å². The Morgan fingerprint density at radius 3 is 1.88 bits per heavy atom. The van der Waals surface area contributed by atoms with Crippen molar-refractivity contribution >= 4 is 50.4 Å². The van der Waals surface area contributed by atoms with Crippen LogP contribution in [0.4, 0.5) is 0 Å². The molecule has 0 aromatic heterocycles. The summed E-state index contributed by atoms with van der Waals surface area (Å²) in [6, 6.07) is -3.57. The molecule has 0 spiro atoms. The second kappa shape index (κ2) is 24.4. The quantitative estimate of drug-likeness (QED) is 0.0120. The average Bonchev–Trinajstić information content (AvgIpc) is 3.20. The average molecular weight is 1030 g/mol. The maximum Gasteiger partial charge on any atom is 0.397 e. The Hall–Kier alpha value is -1.21. The molecule has 4 rings (SSSR count). The molecule has 38 heteroatoms. The van der Waals surface area contributed by atoms with Crippen molar-refractivity contribution in [2.45, 2.75) is 130 Å². The van der Waals surface area contributed by atoms with Gasteiger partial charge in [0.2, 0.25) is 5.91 Å². The molecule has 0 saturated carbocycles. The molecule has 4 heterocycles. The molecule has 4 aliphatic heterocycles. The van der Waals surface area contributed by atoms with E-state index >= 15 is 0 Å². The zero-order valence-corrected chi connectivity index (χ0v) is 35.9. The van der Waals surface area contributed by atoms with Crippen molar-refractivity contribution in [3.8, 4) is 0 Å². The van der Waals surface area contributed by atoms with Crippen molar-refractivity contribution in [3.05, 3.63) is 0 Å². The van der Waals surface area contributed by atoms with Crippen molar-refractivity contribution in [3.63, 3.8) is 0 Å². The second-order valence-corrected chi connectivity index (χ2v) is 16.6. The molecule has 21 atom stereocenters. The van der Waals surface area contributed by atoms with Gasteiger partial charge in [-0.1, -0.05) is 5.04 Å². The molecule has 0 aromatic rings. The molecular weight excluding hydrogens is 981 g/mol. The van der Waals surface area contributed by atoms with Crippen LogP contribution in [0.2, 0.25) is 0 Å². The minimum atomic E-state index is -5.67. The van der Waals surface area contributed by atoms with Gasteiger partial charge in [0, 0.05) is 21.1 Å². The summed E-state index contributed by atoms with van der Waals surface area (Å²) in [6.45, 7) is -1.41. The molecule has 0 bridgehead atoms. The summed E-state index contributed by atoms with van der Waals surface area (Å²) >= 11 is -3.16. The summed E-state index contributed by atoms with van der Waals surface area (Å²) in [4.78, 5) is 12.4. The normalized spacial score (nSPS) is 41.7. The zero-order chi connectivity index (χ0) is 47.8. The molecule has 64 heavy (non-hydrogen) atoms. The Labute approximate surface area is 367 Å². The van der Waals surface area contributed by atoms with Crippen LogP contribution < -0.4 is 10.8 Å². The molecule has 0 radical (unpaired) electrons.